The molecule has 3 aromatic carbocycles. The molecule has 0 saturated carbocycles. The first-order valence-electron chi connectivity index (χ1n) is 12.4. The molecule has 0 unspecified atom stereocenters. The summed E-state index contributed by atoms with van der Waals surface area (Å²) in [4.78, 5) is 28.2. The van der Waals surface area contributed by atoms with Crippen LogP contribution in [-0.2, 0) is 15.7 Å². The molecule has 1 aliphatic rings. The van der Waals surface area contributed by atoms with Gasteiger partial charge in [0, 0.05) is 36.2 Å². The number of amides is 2. The van der Waals surface area contributed by atoms with Gasteiger partial charge >= 0.3 is 6.18 Å². The number of alkyl halides is 3. The Labute approximate surface area is 234 Å². The number of ether oxygens (including phenoxy) is 2. The van der Waals surface area contributed by atoms with Gasteiger partial charge in [0.15, 0.2) is 0 Å². The van der Waals surface area contributed by atoms with Crippen LogP contribution in [0.25, 0.3) is 0 Å². The molecule has 0 fully saturated rings. The Kier molecular flexibility index (Phi) is 9.11. The number of benzene rings is 3. The van der Waals surface area contributed by atoms with E-state index in [9.17, 15) is 22.8 Å². The summed E-state index contributed by atoms with van der Waals surface area (Å²) in [6.07, 6.45) is -4.12. The average molecular weight is 574 g/mol. The van der Waals surface area contributed by atoms with Gasteiger partial charge in [-0.3, -0.25) is 9.59 Å². The van der Waals surface area contributed by atoms with Crippen molar-refractivity contribution in [3.63, 3.8) is 0 Å². The van der Waals surface area contributed by atoms with Crippen LogP contribution < -0.4 is 4.74 Å². The largest absolute Gasteiger partial charge is 0.497 e. The maximum Gasteiger partial charge on any atom is 0.416 e. The molecule has 0 aliphatic carbocycles. The van der Waals surface area contributed by atoms with Gasteiger partial charge in [0.2, 0.25) is 0 Å². The standard InChI is InChI=1S/C29H27ClF3N3O4/c1-39-15-14-35(28(38)20-6-10-22(11-7-20)29(31,32)33)18-27(37)36-26(19-8-12-23(30)13-9-19)17-25(34-36)21-4-3-5-24(16-21)40-2/h3-13,16,26H,14-15,17-18H2,1-2H3/t26-/m0/s1. The van der Waals surface area contributed by atoms with Gasteiger partial charge in [0.05, 0.1) is 31.0 Å². The second-order valence-electron chi connectivity index (χ2n) is 9.08. The normalized spacial score (nSPS) is 15.1. The maximum atomic E-state index is 13.7. The predicted molar refractivity (Wildman–Crippen MR) is 144 cm³/mol. The molecule has 7 nitrogen and oxygen atoms in total. The molecule has 0 radical (unpaired) electrons. The SMILES string of the molecule is COCCN(CC(=O)N1N=C(c2cccc(OC)c2)C[C@H]1c1ccc(Cl)cc1)C(=O)c1ccc(C(F)(F)F)cc1. The zero-order valence-corrected chi connectivity index (χ0v) is 22.6. The molecule has 0 saturated heterocycles. The highest BCUT2D eigenvalue weighted by molar-refractivity contribution is 6.30. The smallest absolute Gasteiger partial charge is 0.416 e. The van der Waals surface area contributed by atoms with E-state index in [4.69, 9.17) is 21.1 Å². The number of rotatable bonds is 9. The third kappa shape index (κ3) is 6.81. The highest BCUT2D eigenvalue weighted by Crippen LogP contribution is 2.34. The number of methoxy groups -OCH3 is 2. The van der Waals surface area contributed by atoms with E-state index in [2.05, 4.69) is 5.10 Å². The van der Waals surface area contributed by atoms with Crippen LogP contribution in [0.4, 0.5) is 13.2 Å². The summed E-state index contributed by atoms with van der Waals surface area (Å²) in [6, 6.07) is 17.8. The summed E-state index contributed by atoms with van der Waals surface area (Å²) in [7, 11) is 3.01. The lowest BCUT2D eigenvalue weighted by Gasteiger charge is -2.27. The minimum atomic E-state index is -4.53. The average Bonchev–Trinajstić information content (AvgIpc) is 3.40. The zero-order chi connectivity index (χ0) is 28.9. The highest BCUT2D eigenvalue weighted by atomic mass is 35.5. The minimum Gasteiger partial charge on any atom is -0.497 e. The first-order valence-corrected chi connectivity index (χ1v) is 12.7. The van der Waals surface area contributed by atoms with E-state index in [0.717, 1.165) is 35.4 Å². The highest BCUT2D eigenvalue weighted by Gasteiger charge is 2.35. The maximum absolute atomic E-state index is 13.7. The molecule has 0 aromatic heterocycles. The van der Waals surface area contributed by atoms with Crippen LogP contribution in [0.3, 0.4) is 0 Å². The Bertz CT molecular complexity index is 1380. The first-order chi connectivity index (χ1) is 19.1. The molecule has 1 heterocycles. The molecule has 2 amide bonds. The second kappa shape index (κ2) is 12.5. The van der Waals surface area contributed by atoms with Gasteiger partial charge in [-0.2, -0.15) is 18.3 Å². The van der Waals surface area contributed by atoms with Crippen LogP contribution in [0.1, 0.15) is 39.5 Å². The third-order valence-electron chi connectivity index (χ3n) is 6.46. The quantitative estimate of drug-likeness (QED) is 0.323. The van der Waals surface area contributed by atoms with Crippen molar-refractivity contribution in [2.24, 2.45) is 5.10 Å². The van der Waals surface area contributed by atoms with Crippen molar-refractivity contribution in [1.29, 1.82) is 0 Å². The minimum absolute atomic E-state index is 0.0214. The summed E-state index contributed by atoms with van der Waals surface area (Å²) >= 11 is 6.08. The van der Waals surface area contributed by atoms with Crippen LogP contribution in [0.2, 0.25) is 5.02 Å². The van der Waals surface area contributed by atoms with E-state index >= 15 is 0 Å². The van der Waals surface area contributed by atoms with Gasteiger partial charge in [0.1, 0.15) is 12.3 Å². The third-order valence-corrected chi connectivity index (χ3v) is 6.71. The summed E-state index contributed by atoms with van der Waals surface area (Å²) in [5.74, 6) is -0.423. The fraction of sp³-hybridized carbons (Fsp3) is 0.276. The Morgan fingerprint density at radius 3 is 2.38 bits per heavy atom. The monoisotopic (exact) mass is 573 g/mol. The number of nitrogens with zero attached hydrogens (tertiary/aromatic N) is 3. The van der Waals surface area contributed by atoms with Crippen molar-refractivity contribution in [3.8, 4) is 5.75 Å². The van der Waals surface area contributed by atoms with Gasteiger partial charge in [-0.05, 0) is 54.1 Å². The predicted octanol–water partition coefficient (Wildman–Crippen LogP) is 5.83. The van der Waals surface area contributed by atoms with Crippen LogP contribution in [-0.4, -0.2) is 61.4 Å². The van der Waals surface area contributed by atoms with E-state index in [1.165, 1.54) is 17.0 Å². The molecule has 0 bridgehead atoms. The van der Waals surface area contributed by atoms with Crippen LogP contribution in [0.5, 0.6) is 5.75 Å². The van der Waals surface area contributed by atoms with Crippen molar-refractivity contribution in [2.45, 2.75) is 18.6 Å². The van der Waals surface area contributed by atoms with Crippen molar-refractivity contribution < 1.29 is 32.2 Å². The zero-order valence-electron chi connectivity index (χ0n) is 21.8. The fourth-order valence-corrected chi connectivity index (χ4v) is 4.46. The van der Waals surface area contributed by atoms with Gasteiger partial charge in [0.25, 0.3) is 11.8 Å². The lowest BCUT2D eigenvalue weighted by atomic mass is 9.98. The molecule has 0 N–H and O–H groups in total. The van der Waals surface area contributed by atoms with Crippen molar-refractivity contribution >= 4 is 29.1 Å². The van der Waals surface area contributed by atoms with E-state index in [1.807, 2.05) is 30.3 Å². The van der Waals surface area contributed by atoms with E-state index in [0.29, 0.717) is 22.9 Å². The Morgan fingerprint density at radius 2 is 1.75 bits per heavy atom. The number of hydrazone groups is 1. The second-order valence-corrected chi connectivity index (χ2v) is 9.52. The number of hydrogen-bond donors (Lipinski definition) is 0. The number of halogens is 4. The van der Waals surface area contributed by atoms with Gasteiger partial charge in [-0.15, -0.1) is 0 Å². The number of carbonyl (C=O) groups is 2. The molecule has 210 valence electrons. The lowest BCUT2D eigenvalue weighted by molar-refractivity contribution is -0.137. The molecule has 4 rings (SSSR count). The van der Waals surface area contributed by atoms with Crippen molar-refractivity contribution in [1.82, 2.24) is 9.91 Å². The van der Waals surface area contributed by atoms with E-state index in [1.54, 1.807) is 25.3 Å². The van der Waals surface area contributed by atoms with Gasteiger partial charge in [-0.25, -0.2) is 5.01 Å². The molecule has 1 aliphatic heterocycles. The molecule has 40 heavy (non-hydrogen) atoms. The van der Waals surface area contributed by atoms with E-state index < -0.39 is 29.6 Å². The molecule has 11 heteroatoms. The Hall–Kier alpha value is -3.89. The number of carbonyl (C=O) groups excluding carboxylic acids is 2. The number of hydrogen-bond acceptors (Lipinski definition) is 5. The molecular weight excluding hydrogens is 547 g/mol. The fourth-order valence-electron chi connectivity index (χ4n) is 4.34. The summed E-state index contributed by atoms with van der Waals surface area (Å²) < 4.78 is 49.4. The summed E-state index contributed by atoms with van der Waals surface area (Å²) in [5, 5.41) is 6.52. The van der Waals surface area contributed by atoms with Crippen molar-refractivity contribution in [3.05, 3.63) is 100 Å². The lowest BCUT2D eigenvalue weighted by Crippen LogP contribution is -2.42. The topological polar surface area (TPSA) is 71.4 Å². The Balaban J connectivity index is 1.62. The van der Waals surface area contributed by atoms with Crippen molar-refractivity contribution in [2.75, 3.05) is 33.9 Å². The summed E-state index contributed by atoms with van der Waals surface area (Å²) in [6.45, 7) is -0.186. The van der Waals surface area contributed by atoms with Crippen LogP contribution >= 0.6 is 11.6 Å². The molecule has 0 spiro atoms. The Morgan fingerprint density at radius 1 is 1.05 bits per heavy atom. The van der Waals surface area contributed by atoms with Gasteiger partial charge in [-0.1, -0.05) is 35.9 Å². The molecule has 3 aromatic rings. The summed E-state index contributed by atoms with van der Waals surface area (Å²) in [5.41, 5.74) is 1.39. The molecule has 1 atom stereocenters. The van der Waals surface area contributed by atoms with Crippen LogP contribution in [0, 0.1) is 0 Å². The first kappa shape index (κ1) is 29.1. The van der Waals surface area contributed by atoms with Gasteiger partial charge < -0.3 is 14.4 Å². The molecular formula is C29H27ClF3N3O4. The van der Waals surface area contributed by atoms with Crippen LogP contribution in [0.15, 0.2) is 77.9 Å². The van der Waals surface area contributed by atoms with E-state index in [-0.39, 0.29) is 25.3 Å².